The Bertz CT molecular complexity index is 536. The van der Waals surface area contributed by atoms with Crippen molar-refractivity contribution in [3.63, 3.8) is 0 Å². The van der Waals surface area contributed by atoms with Gasteiger partial charge in [-0.15, -0.1) is 0 Å². The monoisotopic (exact) mass is 291 g/mol. The fraction of sp³-hybridized carbons (Fsp3) is 0.467. The number of amides is 1. The number of carbonyl (C=O) groups is 1. The number of halogens is 1. The Balaban J connectivity index is 2.16. The lowest BCUT2D eigenvalue weighted by molar-refractivity contribution is 0.0882. The third kappa shape index (κ3) is 3.30. The molecule has 5 heteroatoms. The van der Waals surface area contributed by atoms with Gasteiger partial charge in [0.15, 0.2) is 0 Å². The minimum absolute atomic E-state index is 0.235. The van der Waals surface area contributed by atoms with Crippen molar-refractivity contribution in [3.8, 4) is 6.07 Å². The van der Waals surface area contributed by atoms with Gasteiger partial charge in [-0.2, -0.15) is 5.26 Å². The molecule has 0 spiro atoms. The zero-order valence-electron chi connectivity index (χ0n) is 11.7. The van der Waals surface area contributed by atoms with Crippen molar-refractivity contribution in [2.75, 3.05) is 20.1 Å². The number of aryl methyl sites for hydroxylation is 1. The van der Waals surface area contributed by atoms with Crippen molar-refractivity contribution in [3.05, 3.63) is 34.3 Å². The summed E-state index contributed by atoms with van der Waals surface area (Å²) >= 11 is 5.97. The Morgan fingerprint density at radius 1 is 1.40 bits per heavy atom. The third-order valence-corrected chi connectivity index (χ3v) is 3.93. The number of nitrogens with one attached hydrogen (secondary N) is 1. The van der Waals surface area contributed by atoms with E-state index in [1.165, 1.54) is 0 Å². The number of nitriles is 1. The number of rotatable bonds is 2. The van der Waals surface area contributed by atoms with Gasteiger partial charge in [-0.1, -0.05) is 11.6 Å². The number of carbonyl (C=O) groups excluding carboxylic acids is 1. The molecule has 1 amide bonds. The first kappa shape index (κ1) is 14.8. The SMILES string of the molecule is Cc1cc(Cl)cc(C(=O)NC2(C#N)CCN(C)CC2)c1. The van der Waals surface area contributed by atoms with Crippen LogP contribution in [-0.2, 0) is 0 Å². The van der Waals surface area contributed by atoms with E-state index in [4.69, 9.17) is 11.6 Å². The third-order valence-electron chi connectivity index (χ3n) is 3.71. The van der Waals surface area contributed by atoms with Crippen molar-refractivity contribution in [1.29, 1.82) is 5.26 Å². The molecule has 0 radical (unpaired) electrons. The lowest BCUT2D eigenvalue weighted by Gasteiger charge is -2.36. The highest BCUT2D eigenvalue weighted by atomic mass is 35.5. The molecule has 20 heavy (non-hydrogen) atoms. The van der Waals surface area contributed by atoms with E-state index in [-0.39, 0.29) is 5.91 Å². The van der Waals surface area contributed by atoms with Gasteiger partial charge < -0.3 is 10.2 Å². The molecule has 1 fully saturated rings. The van der Waals surface area contributed by atoms with Crippen molar-refractivity contribution >= 4 is 17.5 Å². The molecule has 1 aromatic carbocycles. The minimum atomic E-state index is -0.764. The van der Waals surface area contributed by atoms with Crippen LogP contribution in [0.25, 0.3) is 0 Å². The minimum Gasteiger partial charge on any atom is -0.334 e. The van der Waals surface area contributed by atoms with Crippen LogP contribution >= 0.6 is 11.6 Å². The smallest absolute Gasteiger partial charge is 0.252 e. The maximum Gasteiger partial charge on any atom is 0.252 e. The van der Waals surface area contributed by atoms with Crippen LogP contribution in [0.3, 0.4) is 0 Å². The summed E-state index contributed by atoms with van der Waals surface area (Å²) in [6, 6.07) is 7.48. The molecule has 2 rings (SSSR count). The van der Waals surface area contributed by atoms with Crippen molar-refractivity contribution in [2.24, 2.45) is 0 Å². The van der Waals surface area contributed by atoms with E-state index in [0.717, 1.165) is 18.7 Å². The second kappa shape index (κ2) is 5.82. The molecular weight excluding hydrogens is 274 g/mol. The van der Waals surface area contributed by atoms with E-state index < -0.39 is 5.54 Å². The van der Waals surface area contributed by atoms with Crippen LogP contribution in [0.1, 0.15) is 28.8 Å². The summed E-state index contributed by atoms with van der Waals surface area (Å²) in [6.45, 7) is 3.50. The quantitative estimate of drug-likeness (QED) is 0.910. The Morgan fingerprint density at radius 2 is 2.05 bits per heavy atom. The van der Waals surface area contributed by atoms with Crippen molar-refractivity contribution in [1.82, 2.24) is 10.2 Å². The molecule has 1 aromatic rings. The molecule has 0 bridgehead atoms. The van der Waals surface area contributed by atoms with E-state index in [0.29, 0.717) is 23.4 Å². The van der Waals surface area contributed by atoms with Crippen LogP contribution in [0.15, 0.2) is 18.2 Å². The molecular formula is C15H18ClN3O. The van der Waals surface area contributed by atoms with Crippen LogP contribution in [0.4, 0.5) is 0 Å². The number of hydrogen-bond donors (Lipinski definition) is 1. The van der Waals surface area contributed by atoms with Gasteiger partial charge in [0, 0.05) is 23.7 Å². The highest BCUT2D eigenvalue weighted by Crippen LogP contribution is 2.22. The van der Waals surface area contributed by atoms with Crippen molar-refractivity contribution < 1.29 is 4.79 Å². The first-order valence-corrected chi connectivity index (χ1v) is 7.01. The van der Waals surface area contributed by atoms with E-state index in [1.54, 1.807) is 18.2 Å². The molecule has 0 aromatic heterocycles. The van der Waals surface area contributed by atoms with Gasteiger partial charge in [0.1, 0.15) is 5.54 Å². The molecule has 4 nitrogen and oxygen atoms in total. The lowest BCUT2D eigenvalue weighted by atomic mass is 9.89. The van der Waals surface area contributed by atoms with E-state index in [2.05, 4.69) is 16.3 Å². The number of likely N-dealkylation sites (tertiary alicyclic amines) is 1. The molecule has 1 aliphatic heterocycles. The molecule has 0 unspecified atom stereocenters. The number of nitrogens with zero attached hydrogens (tertiary/aromatic N) is 2. The molecule has 0 atom stereocenters. The summed E-state index contributed by atoms with van der Waals surface area (Å²) in [5.74, 6) is -0.235. The largest absolute Gasteiger partial charge is 0.334 e. The zero-order valence-corrected chi connectivity index (χ0v) is 12.5. The lowest BCUT2D eigenvalue weighted by Crippen LogP contribution is -2.53. The Kier molecular flexibility index (Phi) is 4.32. The van der Waals surface area contributed by atoms with E-state index in [1.807, 2.05) is 14.0 Å². The first-order valence-electron chi connectivity index (χ1n) is 6.64. The van der Waals surface area contributed by atoms with Crippen LogP contribution in [0.2, 0.25) is 5.02 Å². The standard InChI is InChI=1S/C15H18ClN3O/c1-11-7-12(9-13(16)8-11)14(20)18-15(10-17)3-5-19(2)6-4-15/h7-9H,3-6H2,1-2H3,(H,18,20). The normalized spacial score (nSPS) is 18.3. The first-order chi connectivity index (χ1) is 9.44. The molecule has 0 saturated carbocycles. The zero-order chi connectivity index (χ0) is 14.8. The molecule has 0 aliphatic carbocycles. The van der Waals surface area contributed by atoms with Gasteiger partial charge >= 0.3 is 0 Å². The summed E-state index contributed by atoms with van der Waals surface area (Å²) in [4.78, 5) is 14.5. The second-order valence-electron chi connectivity index (χ2n) is 5.47. The maximum absolute atomic E-state index is 12.3. The van der Waals surface area contributed by atoms with Crippen LogP contribution in [0, 0.1) is 18.3 Å². The molecule has 1 saturated heterocycles. The van der Waals surface area contributed by atoms with Gasteiger partial charge in [0.25, 0.3) is 5.91 Å². The fourth-order valence-electron chi connectivity index (χ4n) is 2.42. The summed E-state index contributed by atoms with van der Waals surface area (Å²) < 4.78 is 0. The second-order valence-corrected chi connectivity index (χ2v) is 5.91. The number of hydrogen-bond acceptors (Lipinski definition) is 3. The Morgan fingerprint density at radius 3 is 2.60 bits per heavy atom. The van der Waals surface area contributed by atoms with Gasteiger partial charge in [-0.25, -0.2) is 0 Å². The summed E-state index contributed by atoms with van der Waals surface area (Å²) in [5.41, 5.74) is 0.667. The van der Waals surface area contributed by atoms with Crippen LogP contribution in [0.5, 0.6) is 0 Å². The van der Waals surface area contributed by atoms with Gasteiger partial charge in [-0.05, 0) is 50.6 Å². The van der Waals surface area contributed by atoms with Gasteiger partial charge in [-0.3, -0.25) is 4.79 Å². The predicted molar refractivity (Wildman–Crippen MR) is 78.7 cm³/mol. The Hall–Kier alpha value is -1.57. The highest BCUT2D eigenvalue weighted by Gasteiger charge is 2.35. The molecule has 1 N–H and O–H groups in total. The highest BCUT2D eigenvalue weighted by molar-refractivity contribution is 6.31. The average Bonchev–Trinajstić information content (AvgIpc) is 2.40. The topological polar surface area (TPSA) is 56.1 Å². The van der Waals surface area contributed by atoms with Gasteiger partial charge in [0.2, 0.25) is 0 Å². The predicted octanol–water partition coefficient (Wildman–Crippen LogP) is 2.37. The summed E-state index contributed by atoms with van der Waals surface area (Å²) in [5, 5.41) is 12.8. The van der Waals surface area contributed by atoms with Gasteiger partial charge in [0.05, 0.1) is 6.07 Å². The Labute approximate surface area is 124 Å². The maximum atomic E-state index is 12.3. The van der Waals surface area contributed by atoms with Crippen LogP contribution in [-0.4, -0.2) is 36.5 Å². The summed E-state index contributed by atoms with van der Waals surface area (Å²) in [7, 11) is 2.02. The average molecular weight is 292 g/mol. The molecule has 1 heterocycles. The van der Waals surface area contributed by atoms with E-state index >= 15 is 0 Å². The fourth-order valence-corrected chi connectivity index (χ4v) is 2.71. The molecule has 106 valence electrons. The number of piperidine rings is 1. The molecule has 1 aliphatic rings. The number of benzene rings is 1. The summed E-state index contributed by atoms with van der Waals surface area (Å²) in [6.07, 6.45) is 1.29. The van der Waals surface area contributed by atoms with E-state index in [9.17, 15) is 10.1 Å². The van der Waals surface area contributed by atoms with Crippen LogP contribution < -0.4 is 5.32 Å². The van der Waals surface area contributed by atoms with Crippen molar-refractivity contribution in [2.45, 2.75) is 25.3 Å².